The van der Waals surface area contributed by atoms with Crippen LogP contribution in [0.2, 0.25) is 4.34 Å². The van der Waals surface area contributed by atoms with Crippen molar-refractivity contribution in [1.82, 2.24) is 0 Å². The summed E-state index contributed by atoms with van der Waals surface area (Å²) in [5.41, 5.74) is 0.483. The second-order valence-electron chi connectivity index (χ2n) is 1.75. The van der Waals surface area contributed by atoms with E-state index in [1.165, 1.54) is 11.3 Å². The van der Waals surface area contributed by atoms with Crippen LogP contribution in [0.5, 0.6) is 0 Å². The summed E-state index contributed by atoms with van der Waals surface area (Å²) >= 11 is 6.98. The molecule has 0 amide bonds. The lowest BCUT2D eigenvalue weighted by Gasteiger charge is -1.86. The van der Waals surface area contributed by atoms with Crippen LogP contribution < -0.4 is 0 Å². The quantitative estimate of drug-likeness (QED) is 0.495. The number of hydrogen-bond donors (Lipinski definition) is 0. The molecule has 1 nitrogen and oxygen atoms in total. The van der Waals surface area contributed by atoms with Crippen LogP contribution in [0.3, 0.4) is 0 Å². The van der Waals surface area contributed by atoms with Crippen LogP contribution in [-0.4, -0.2) is 6.29 Å². The van der Waals surface area contributed by atoms with Crippen LogP contribution in [0.25, 0.3) is 5.57 Å². The molecular weight excluding hydrogens is 168 g/mol. The molecule has 0 saturated heterocycles. The SMILES string of the molecule is C=C(C=O)c1ccc(Cl)s1. The van der Waals surface area contributed by atoms with Crippen molar-refractivity contribution in [2.75, 3.05) is 0 Å². The number of halogens is 1. The molecule has 1 heterocycles. The molecule has 0 radical (unpaired) electrons. The van der Waals surface area contributed by atoms with E-state index in [1.54, 1.807) is 12.1 Å². The maximum Gasteiger partial charge on any atom is 0.150 e. The van der Waals surface area contributed by atoms with Gasteiger partial charge < -0.3 is 0 Å². The third-order valence-corrected chi connectivity index (χ3v) is 2.34. The van der Waals surface area contributed by atoms with Crippen molar-refractivity contribution in [1.29, 1.82) is 0 Å². The molecule has 0 N–H and O–H groups in total. The average molecular weight is 173 g/mol. The number of rotatable bonds is 2. The summed E-state index contributed by atoms with van der Waals surface area (Å²) < 4.78 is 0.679. The summed E-state index contributed by atoms with van der Waals surface area (Å²) in [6.45, 7) is 3.54. The molecule has 0 aromatic carbocycles. The lowest BCUT2D eigenvalue weighted by atomic mass is 10.3. The van der Waals surface area contributed by atoms with E-state index in [0.29, 0.717) is 9.91 Å². The van der Waals surface area contributed by atoms with Crippen LogP contribution in [0.4, 0.5) is 0 Å². The van der Waals surface area contributed by atoms with Crippen LogP contribution >= 0.6 is 22.9 Å². The van der Waals surface area contributed by atoms with Gasteiger partial charge in [0, 0.05) is 10.5 Å². The molecule has 0 aliphatic rings. The van der Waals surface area contributed by atoms with E-state index in [4.69, 9.17) is 11.6 Å². The Balaban J connectivity index is 2.95. The number of hydrogen-bond acceptors (Lipinski definition) is 2. The molecule has 1 rings (SSSR count). The zero-order chi connectivity index (χ0) is 7.56. The fourth-order valence-corrected chi connectivity index (χ4v) is 1.52. The zero-order valence-corrected chi connectivity index (χ0v) is 6.71. The number of aldehydes is 1. The zero-order valence-electron chi connectivity index (χ0n) is 5.13. The Kier molecular flexibility index (Phi) is 2.25. The summed E-state index contributed by atoms with van der Waals surface area (Å²) in [5, 5.41) is 0. The molecule has 1 aromatic heterocycles. The van der Waals surface area contributed by atoms with Gasteiger partial charge in [0.05, 0.1) is 4.34 Å². The summed E-state index contributed by atoms with van der Waals surface area (Å²) in [7, 11) is 0. The smallest absolute Gasteiger partial charge is 0.150 e. The molecule has 52 valence electrons. The van der Waals surface area contributed by atoms with Crippen LogP contribution in [0, 0.1) is 0 Å². The largest absolute Gasteiger partial charge is 0.298 e. The van der Waals surface area contributed by atoms with Crippen molar-refractivity contribution < 1.29 is 4.79 Å². The molecule has 0 spiro atoms. The predicted molar refractivity (Wildman–Crippen MR) is 44.4 cm³/mol. The van der Waals surface area contributed by atoms with Crippen LogP contribution in [-0.2, 0) is 4.79 Å². The van der Waals surface area contributed by atoms with Gasteiger partial charge in [-0.2, -0.15) is 0 Å². The minimum Gasteiger partial charge on any atom is -0.298 e. The molecule has 0 unspecified atom stereocenters. The number of carbonyl (C=O) groups excluding carboxylic acids is 1. The maximum absolute atomic E-state index is 10.2. The maximum atomic E-state index is 10.2. The highest BCUT2D eigenvalue weighted by Crippen LogP contribution is 2.25. The average Bonchev–Trinajstić information content (AvgIpc) is 2.34. The van der Waals surface area contributed by atoms with Gasteiger partial charge >= 0.3 is 0 Å². The van der Waals surface area contributed by atoms with Crippen molar-refractivity contribution in [2.24, 2.45) is 0 Å². The lowest BCUT2D eigenvalue weighted by Crippen LogP contribution is -1.74. The van der Waals surface area contributed by atoms with Crippen LogP contribution in [0.15, 0.2) is 18.7 Å². The third kappa shape index (κ3) is 1.46. The van der Waals surface area contributed by atoms with E-state index >= 15 is 0 Å². The number of allylic oxidation sites excluding steroid dienone is 1. The fourth-order valence-electron chi connectivity index (χ4n) is 0.545. The van der Waals surface area contributed by atoms with E-state index in [-0.39, 0.29) is 0 Å². The monoisotopic (exact) mass is 172 g/mol. The van der Waals surface area contributed by atoms with Crippen molar-refractivity contribution in [3.63, 3.8) is 0 Å². The highest BCUT2D eigenvalue weighted by atomic mass is 35.5. The highest BCUT2D eigenvalue weighted by molar-refractivity contribution is 7.17. The highest BCUT2D eigenvalue weighted by Gasteiger charge is 1.99. The van der Waals surface area contributed by atoms with Gasteiger partial charge in [-0.3, -0.25) is 4.79 Å². The van der Waals surface area contributed by atoms with Gasteiger partial charge in [-0.15, -0.1) is 11.3 Å². The topological polar surface area (TPSA) is 17.1 Å². The minimum atomic E-state index is 0.483. The molecule has 0 fully saturated rings. The van der Waals surface area contributed by atoms with Gasteiger partial charge in [-0.1, -0.05) is 18.2 Å². The first-order valence-electron chi connectivity index (χ1n) is 2.64. The van der Waals surface area contributed by atoms with Crippen molar-refractivity contribution >= 4 is 34.8 Å². The molecular formula is C7H5ClOS. The normalized spacial score (nSPS) is 9.30. The Morgan fingerprint density at radius 1 is 1.70 bits per heavy atom. The van der Waals surface area contributed by atoms with Gasteiger partial charge in [0.1, 0.15) is 0 Å². The van der Waals surface area contributed by atoms with Gasteiger partial charge in [-0.25, -0.2) is 0 Å². The summed E-state index contributed by atoms with van der Waals surface area (Å²) in [6.07, 6.45) is 0.724. The molecule has 10 heavy (non-hydrogen) atoms. The van der Waals surface area contributed by atoms with Gasteiger partial charge in [0.2, 0.25) is 0 Å². The fraction of sp³-hybridized carbons (Fsp3) is 0. The molecule has 0 atom stereocenters. The summed E-state index contributed by atoms with van der Waals surface area (Å²) in [5.74, 6) is 0. The summed E-state index contributed by atoms with van der Waals surface area (Å²) in [6, 6.07) is 3.53. The molecule has 1 aromatic rings. The molecule has 0 aliphatic carbocycles. The first kappa shape index (κ1) is 7.51. The van der Waals surface area contributed by atoms with Gasteiger partial charge in [-0.05, 0) is 12.1 Å². The number of thiophene rings is 1. The second-order valence-corrected chi connectivity index (χ2v) is 3.46. The van der Waals surface area contributed by atoms with E-state index in [2.05, 4.69) is 6.58 Å². The van der Waals surface area contributed by atoms with Crippen molar-refractivity contribution in [3.8, 4) is 0 Å². The summed E-state index contributed by atoms with van der Waals surface area (Å²) in [4.78, 5) is 11.0. The van der Waals surface area contributed by atoms with Gasteiger partial charge in [0.25, 0.3) is 0 Å². The molecule has 3 heteroatoms. The third-order valence-electron chi connectivity index (χ3n) is 1.03. The Bertz CT molecular complexity index is 264. The first-order chi connectivity index (χ1) is 4.74. The Morgan fingerprint density at radius 2 is 2.40 bits per heavy atom. The Labute approximate surface area is 67.9 Å². The predicted octanol–water partition coefficient (Wildman–Crippen LogP) is 2.61. The second kappa shape index (κ2) is 2.99. The van der Waals surface area contributed by atoms with E-state index in [1.807, 2.05) is 0 Å². The molecule has 0 aliphatic heterocycles. The molecule has 0 saturated carbocycles. The van der Waals surface area contributed by atoms with Crippen molar-refractivity contribution in [2.45, 2.75) is 0 Å². The number of carbonyl (C=O) groups is 1. The first-order valence-corrected chi connectivity index (χ1v) is 3.83. The Morgan fingerprint density at radius 3 is 2.80 bits per heavy atom. The van der Waals surface area contributed by atoms with E-state index < -0.39 is 0 Å². The minimum absolute atomic E-state index is 0.483. The van der Waals surface area contributed by atoms with Crippen molar-refractivity contribution in [3.05, 3.63) is 27.9 Å². The van der Waals surface area contributed by atoms with Crippen LogP contribution in [0.1, 0.15) is 4.88 Å². The Hall–Kier alpha value is -0.600. The molecule has 0 bridgehead atoms. The van der Waals surface area contributed by atoms with E-state index in [0.717, 1.165) is 11.2 Å². The van der Waals surface area contributed by atoms with E-state index in [9.17, 15) is 4.79 Å². The standard InChI is InChI=1S/C7H5ClOS/c1-5(4-9)6-2-3-7(8)10-6/h2-4H,1H2. The van der Waals surface area contributed by atoms with Gasteiger partial charge in [0.15, 0.2) is 6.29 Å². The lowest BCUT2D eigenvalue weighted by molar-refractivity contribution is -0.103.